The number of aromatic nitrogens is 4. The van der Waals surface area contributed by atoms with Crippen molar-refractivity contribution in [3.05, 3.63) is 47.8 Å². The summed E-state index contributed by atoms with van der Waals surface area (Å²) in [7, 11) is 0. The van der Waals surface area contributed by atoms with Gasteiger partial charge in [0.2, 0.25) is 5.91 Å². The van der Waals surface area contributed by atoms with Gasteiger partial charge in [0.15, 0.2) is 0 Å². The number of alkyl halides is 3. The van der Waals surface area contributed by atoms with Crippen LogP contribution in [0.2, 0.25) is 0 Å². The molecule has 1 aliphatic carbocycles. The molecular weight excluding hydrogens is 415 g/mol. The Kier molecular flexibility index (Phi) is 6.05. The fourth-order valence-electron chi connectivity index (χ4n) is 2.90. The first kappa shape index (κ1) is 22.3. The number of nitrogens with one attached hydrogen (secondary N) is 3. The van der Waals surface area contributed by atoms with E-state index in [9.17, 15) is 18.0 Å². The molecule has 1 aromatic carbocycles. The van der Waals surface area contributed by atoms with Crippen molar-refractivity contribution in [3.63, 3.8) is 0 Å². The first-order valence-electron chi connectivity index (χ1n) is 9.56. The van der Waals surface area contributed by atoms with Crippen molar-refractivity contribution in [2.75, 3.05) is 0 Å². The molecule has 3 aromatic rings. The van der Waals surface area contributed by atoms with Crippen LogP contribution in [0.4, 0.5) is 13.2 Å². The smallest absolute Gasteiger partial charge is 0.475 e. The van der Waals surface area contributed by atoms with E-state index in [1.54, 1.807) is 6.20 Å². The Hall–Kier alpha value is -3.37. The molecule has 166 valence electrons. The summed E-state index contributed by atoms with van der Waals surface area (Å²) in [6.07, 6.45) is -0.638. The van der Waals surface area contributed by atoms with Crippen LogP contribution in [0.3, 0.4) is 0 Å². The highest BCUT2D eigenvalue weighted by atomic mass is 19.4. The van der Waals surface area contributed by atoms with Crippen molar-refractivity contribution in [2.45, 2.75) is 50.7 Å². The number of carbonyl (C=O) groups excluding carboxylic acids is 1. The SMILES string of the molecule is CC(C)(NC(=O)Cc1cnc(C2CC2)[nH]1)c1nc2ccccc2[nH]1.O=C(O)C(F)(F)F. The van der Waals surface area contributed by atoms with Gasteiger partial charge in [0.25, 0.3) is 0 Å². The Morgan fingerprint density at radius 3 is 2.42 bits per heavy atom. The highest BCUT2D eigenvalue weighted by Crippen LogP contribution is 2.38. The second-order valence-corrected chi connectivity index (χ2v) is 7.82. The van der Waals surface area contributed by atoms with E-state index in [1.165, 1.54) is 12.8 Å². The van der Waals surface area contributed by atoms with Crippen molar-refractivity contribution in [1.82, 2.24) is 25.3 Å². The third-order valence-corrected chi connectivity index (χ3v) is 4.64. The molecule has 4 N–H and O–H groups in total. The van der Waals surface area contributed by atoms with Crippen molar-refractivity contribution < 1.29 is 27.9 Å². The molecule has 0 saturated heterocycles. The highest BCUT2D eigenvalue weighted by Gasteiger charge is 2.38. The number of para-hydroxylation sites is 2. The molecular formula is C20H22F3N5O3. The molecule has 11 heteroatoms. The quantitative estimate of drug-likeness (QED) is 0.487. The summed E-state index contributed by atoms with van der Waals surface area (Å²) >= 11 is 0. The number of nitrogens with zero attached hydrogens (tertiary/aromatic N) is 2. The van der Waals surface area contributed by atoms with Gasteiger partial charge in [-0.25, -0.2) is 14.8 Å². The summed E-state index contributed by atoms with van der Waals surface area (Å²) in [5.41, 5.74) is 2.15. The predicted molar refractivity (Wildman–Crippen MR) is 105 cm³/mol. The molecule has 4 rings (SSSR count). The largest absolute Gasteiger partial charge is 0.490 e. The van der Waals surface area contributed by atoms with E-state index in [0.29, 0.717) is 12.3 Å². The van der Waals surface area contributed by atoms with E-state index < -0.39 is 17.7 Å². The average Bonchev–Trinajstić information content (AvgIpc) is 3.24. The molecule has 2 heterocycles. The molecule has 0 spiro atoms. The van der Waals surface area contributed by atoms with Gasteiger partial charge in [0, 0.05) is 17.8 Å². The summed E-state index contributed by atoms with van der Waals surface area (Å²) < 4.78 is 31.7. The number of imidazole rings is 2. The standard InChI is InChI=1S/C18H21N5O.C2HF3O2/c1-18(2,17-21-13-5-3-4-6-14(13)22-17)23-15(24)9-12-10-19-16(20-12)11-7-8-11;3-2(4,5)1(6)7/h3-6,10-11H,7-9H2,1-2H3,(H,19,20)(H,21,22)(H,23,24);(H,6,7). The number of hydrogen-bond acceptors (Lipinski definition) is 4. The molecule has 0 bridgehead atoms. The van der Waals surface area contributed by atoms with Crippen molar-refractivity contribution >= 4 is 22.9 Å². The number of hydrogen-bond donors (Lipinski definition) is 4. The molecule has 1 aliphatic rings. The average molecular weight is 437 g/mol. The molecule has 1 fully saturated rings. The predicted octanol–water partition coefficient (Wildman–Crippen LogP) is 3.39. The van der Waals surface area contributed by atoms with E-state index in [-0.39, 0.29) is 5.91 Å². The van der Waals surface area contributed by atoms with Crippen molar-refractivity contribution in [1.29, 1.82) is 0 Å². The van der Waals surface area contributed by atoms with E-state index in [4.69, 9.17) is 9.90 Å². The molecule has 0 aliphatic heterocycles. The first-order valence-corrected chi connectivity index (χ1v) is 9.56. The number of carbonyl (C=O) groups is 2. The summed E-state index contributed by atoms with van der Waals surface area (Å²) in [5.74, 6) is -0.484. The molecule has 0 radical (unpaired) electrons. The molecule has 0 atom stereocenters. The van der Waals surface area contributed by atoms with Gasteiger partial charge in [-0.2, -0.15) is 13.2 Å². The molecule has 0 unspecified atom stereocenters. The van der Waals surface area contributed by atoms with Gasteiger partial charge in [-0.15, -0.1) is 0 Å². The number of carboxylic acid groups (broad SMARTS) is 1. The number of rotatable bonds is 5. The van der Waals surface area contributed by atoms with Crippen molar-refractivity contribution in [2.24, 2.45) is 0 Å². The summed E-state index contributed by atoms with van der Waals surface area (Å²) in [4.78, 5) is 36.8. The van der Waals surface area contributed by atoms with Gasteiger partial charge >= 0.3 is 12.1 Å². The van der Waals surface area contributed by atoms with Crippen LogP contribution in [0, 0.1) is 0 Å². The lowest BCUT2D eigenvalue weighted by Gasteiger charge is -2.23. The Labute approximate surface area is 175 Å². The van der Waals surface area contributed by atoms with E-state index in [1.807, 2.05) is 38.1 Å². The normalized spacial score (nSPS) is 14.1. The topological polar surface area (TPSA) is 124 Å². The lowest BCUT2D eigenvalue weighted by Crippen LogP contribution is -2.42. The van der Waals surface area contributed by atoms with Gasteiger partial charge in [-0.3, -0.25) is 4.79 Å². The molecule has 1 saturated carbocycles. The number of aliphatic carboxylic acids is 1. The minimum absolute atomic E-state index is 0.0496. The van der Waals surface area contributed by atoms with Crippen LogP contribution in [0.5, 0.6) is 0 Å². The van der Waals surface area contributed by atoms with Crippen LogP contribution in [-0.2, 0) is 21.5 Å². The number of carboxylic acids is 1. The number of benzene rings is 1. The fourth-order valence-corrected chi connectivity index (χ4v) is 2.90. The van der Waals surface area contributed by atoms with Crippen LogP contribution in [0.1, 0.15) is 49.9 Å². The first-order chi connectivity index (χ1) is 14.5. The minimum atomic E-state index is -5.08. The second-order valence-electron chi connectivity index (χ2n) is 7.82. The zero-order valence-electron chi connectivity index (χ0n) is 16.9. The van der Waals surface area contributed by atoms with Crippen LogP contribution in [0.25, 0.3) is 11.0 Å². The third-order valence-electron chi connectivity index (χ3n) is 4.64. The number of fused-ring (bicyclic) bond motifs is 1. The maximum Gasteiger partial charge on any atom is 0.490 e. The Morgan fingerprint density at radius 2 is 1.84 bits per heavy atom. The number of amides is 1. The van der Waals surface area contributed by atoms with E-state index in [0.717, 1.165) is 28.4 Å². The van der Waals surface area contributed by atoms with Crippen LogP contribution < -0.4 is 5.32 Å². The molecule has 31 heavy (non-hydrogen) atoms. The number of H-pyrrole nitrogens is 2. The summed E-state index contributed by atoms with van der Waals surface area (Å²) in [5, 5.41) is 10.2. The zero-order chi connectivity index (χ0) is 22.8. The van der Waals surface area contributed by atoms with Gasteiger partial charge in [0.1, 0.15) is 11.6 Å². The second kappa shape index (κ2) is 8.40. The van der Waals surface area contributed by atoms with Crippen LogP contribution >= 0.6 is 0 Å². The monoisotopic (exact) mass is 437 g/mol. The maximum absolute atomic E-state index is 12.4. The Balaban J connectivity index is 0.000000339. The van der Waals surface area contributed by atoms with E-state index in [2.05, 4.69) is 25.3 Å². The number of halogens is 3. The third kappa shape index (κ3) is 5.83. The fraction of sp³-hybridized carbons (Fsp3) is 0.400. The molecule has 1 amide bonds. The van der Waals surface area contributed by atoms with Gasteiger partial charge in [-0.1, -0.05) is 12.1 Å². The van der Waals surface area contributed by atoms with Gasteiger partial charge in [0.05, 0.1) is 23.0 Å². The molecule has 2 aromatic heterocycles. The zero-order valence-corrected chi connectivity index (χ0v) is 16.9. The summed E-state index contributed by atoms with van der Waals surface area (Å²) in [6, 6.07) is 7.85. The maximum atomic E-state index is 12.4. The lowest BCUT2D eigenvalue weighted by molar-refractivity contribution is -0.192. The van der Waals surface area contributed by atoms with Gasteiger partial charge in [-0.05, 0) is 38.8 Å². The van der Waals surface area contributed by atoms with Crippen molar-refractivity contribution in [3.8, 4) is 0 Å². The van der Waals surface area contributed by atoms with Crippen LogP contribution in [-0.4, -0.2) is 43.1 Å². The minimum Gasteiger partial charge on any atom is -0.475 e. The number of aromatic amines is 2. The van der Waals surface area contributed by atoms with E-state index >= 15 is 0 Å². The van der Waals surface area contributed by atoms with Crippen LogP contribution in [0.15, 0.2) is 30.5 Å². The Morgan fingerprint density at radius 1 is 1.19 bits per heavy atom. The molecule has 8 nitrogen and oxygen atoms in total. The Bertz CT molecular complexity index is 1050. The highest BCUT2D eigenvalue weighted by molar-refractivity contribution is 5.79. The lowest BCUT2D eigenvalue weighted by atomic mass is 10.0. The summed E-state index contributed by atoms with van der Waals surface area (Å²) in [6.45, 7) is 3.90. The van der Waals surface area contributed by atoms with Gasteiger partial charge < -0.3 is 20.4 Å².